The Bertz CT molecular complexity index is 920. The number of anilines is 1. The van der Waals surface area contributed by atoms with Gasteiger partial charge < -0.3 is 4.74 Å². The van der Waals surface area contributed by atoms with Crippen LogP contribution in [-0.2, 0) is 10.0 Å². The van der Waals surface area contributed by atoms with E-state index in [0.29, 0.717) is 12.3 Å². The molecule has 162 valence electrons. The second-order valence-electron chi connectivity index (χ2n) is 7.41. The Balaban J connectivity index is 1.41. The third-order valence-electron chi connectivity index (χ3n) is 5.20. The molecule has 0 aromatic heterocycles. The van der Waals surface area contributed by atoms with Crippen molar-refractivity contribution < 1.29 is 17.5 Å². The molecule has 0 spiro atoms. The topological polar surface area (TPSA) is 49.9 Å². The van der Waals surface area contributed by atoms with Gasteiger partial charge in [-0.15, -0.1) is 0 Å². The smallest absolute Gasteiger partial charge is 0.264 e. The molecule has 1 aliphatic rings. The standard InChI is InChI=1S/C23H29FN2O3S/c1-25(30(27,28)23-14-8-20(24)9-15-23)21-10-12-22(13-11-21)29-19-7-3-2-4-16-26-17-5-6-18-26/h5-6,8-15H,2-4,7,16-19H2,1H3. The van der Waals surface area contributed by atoms with Gasteiger partial charge in [-0.3, -0.25) is 9.21 Å². The largest absolute Gasteiger partial charge is 0.494 e. The second-order valence-corrected chi connectivity index (χ2v) is 9.38. The van der Waals surface area contributed by atoms with Gasteiger partial charge >= 0.3 is 0 Å². The van der Waals surface area contributed by atoms with Crippen LogP contribution in [0.15, 0.2) is 65.6 Å². The molecule has 2 aromatic carbocycles. The minimum absolute atomic E-state index is 0.0488. The Labute approximate surface area is 178 Å². The molecule has 0 radical (unpaired) electrons. The summed E-state index contributed by atoms with van der Waals surface area (Å²) >= 11 is 0. The summed E-state index contributed by atoms with van der Waals surface area (Å²) in [6.07, 6.45) is 8.98. The third kappa shape index (κ3) is 6.06. The maximum absolute atomic E-state index is 13.1. The summed E-state index contributed by atoms with van der Waals surface area (Å²) in [7, 11) is -2.26. The molecule has 0 fully saturated rings. The number of halogens is 1. The first-order valence-electron chi connectivity index (χ1n) is 10.3. The number of hydrogen-bond donors (Lipinski definition) is 0. The van der Waals surface area contributed by atoms with E-state index < -0.39 is 15.8 Å². The summed E-state index contributed by atoms with van der Waals surface area (Å²) in [6, 6.07) is 11.8. The number of rotatable bonds is 11. The molecule has 30 heavy (non-hydrogen) atoms. The Morgan fingerprint density at radius 2 is 1.57 bits per heavy atom. The summed E-state index contributed by atoms with van der Waals surface area (Å²) in [4.78, 5) is 2.48. The van der Waals surface area contributed by atoms with Crippen molar-refractivity contribution in [1.82, 2.24) is 4.90 Å². The highest BCUT2D eigenvalue weighted by Gasteiger charge is 2.21. The lowest BCUT2D eigenvalue weighted by molar-refractivity contribution is 0.299. The van der Waals surface area contributed by atoms with Gasteiger partial charge in [-0.05, 0) is 67.9 Å². The normalized spacial score (nSPS) is 14.2. The van der Waals surface area contributed by atoms with E-state index in [1.807, 2.05) is 0 Å². The quantitative estimate of drug-likeness (QED) is 0.389. The summed E-state index contributed by atoms with van der Waals surface area (Å²) in [5, 5.41) is 0. The fraction of sp³-hybridized carbons (Fsp3) is 0.391. The van der Waals surface area contributed by atoms with E-state index in [9.17, 15) is 12.8 Å². The predicted octanol–water partition coefficient (Wildman–Crippen LogP) is 4.46. The lowest BCUT2D eigenvalue weighted by Crippen LogP contribution is -2.26. The summed E-state index contributed by atoms with van der Waals surface area (Å²) < 4.78 is 45.4. The van der Waals surface area contributed by atoms with Gasteiger partial charge in [0.25, 0.3) is 10.0 Å². The fourth-order valence-electron chi connectivity index (χ4n) is 3.34. The third-order valence-corrected chi connectivity index (χ3v) is 7.00. The number of nitrogens with zero attached hydrogens (tertiary/aromatic N) is 2. The molecule has 2 aromatic rings. The zero-order valence-electron chi connectivity index (χ0n) is 17.3. The average Bonchev–Trinajstić information content (AvgIpc) is 3.27. The molecule has 0 saturated heterocycles. The van der Waals surface area contributed by atoms with E-state index >= 15 is 0 Å². The van der Waals surface area contributed by atoms with Crippen LogP contribution in [0.3, 0.4) is 0 Å². The van der Waals surface area contributed by atoms with E-state index in [4.69, 9.17) is 4.74 Å². The molecule has 0 aliphatic carbocycles. The molecule has 7 heteroatoms. The summed E-state index contributed by atoms with van der Waals surface area (Å²) in [5.74, 6) is 0.247. The van der Waals surface area contributed by atoms with Crippen LogP contribution >= 0.6 is 0 Å². The fourth-order valence-corrected chi connectivity index (χ4v) is 4.54. The average molecular weight is 433 g/mol. The van der Waals surface area contributed by atoms with Crippen LogP contribution in [0.2, 0.25) is 0 Å². The van der Waals surface area contributed by atoms with Gasteiger partial charge in [-0.25, -0.2) is 12.8 Å². The monoisotopic (exact) mass is 432 g/mol. The minimum atomic E-state index is -3.74. The number of benzene rings is 2. The first-order chi connectivity index (χ1) is 14.5. The van der Waals surface area contributed by atoms with Crippen molar-refractivity contribution in [2.75, 3.05) is 37.6 Å². The van der Waals surface area contributed by atoms with Gasteiger partial charge in [0.05, 0.1) is 17.2 Å². The van der Waals surface area contributed by atoms with Crippen molar-refractivity contribution >= 4 is 15.7 Å². The van der Waals surface area contributed by atoms with E-state index in [1.54, 1.807) is 24.3 Å². The Hall–Kier alpha value is -2.38. The van der Waals surface area contributed by atoms with Crippen LogP contribution in [-0.4, -0.2) is 46.6 Å². The van der Waals surface area contributed by atoms with Crippen molar-refractivity contribution in [3.63, 3.8) is 0 Å². The number of ether oxygens (including phenoxy) is 1. The minimum Gasteiger partial charge on any atom is -0.494 e. The van der Waals surface area contributed by atoms with Crippen molar-refractivity contribution in [2.24, 2.45) is 0 Å². The number of sulfonamides is 1. The number of unbranched alkanes of at least 4 members (excludes halogenated alkanes) is 3. The van der Waals surface area contributed by atoms with Crippen molar-refractivity contribution in [3.05, 3.63) is 66.5 Å². The van der Waals surface area contributed by atoms with E-state index in [2.05, 4.69) is 17.1 Å². The zero-order valence-corrected chi connectivity index (χ0v) is 18.2. The number of hydrogen-bond acceptors (Lipinski definition) is 4. The van der Waals surface area contributed by atoms with Crippen molar-refractivity contribution in [1.29, 1.82) is 0 Å². The van der Waals surface area contributed by atoms with Crippen molar-refractivity contribution in [2.45, 2.75) is 30.6 Å². The van der Waals surface area contributed by atoms with Crippen LogP contribution in [0.1, 0.15) is 25.7 Å². The molecular formula is C23H29FN2O3S. The molecule has 3 rings (SSSR count). The molecule has 0 saturated carbocycles. The highest BCUT2D eigenvalue weighted by atomic mass is 32.2. The summed E-state index contributed by atoms with van der Waals surface area (Å²) in [5.41, 5.74) is 0.517. The molecule has 0 N–H and O–H groups in total. The van der Waals surface area contributed by atoms with Gasteiger partial charge in [0, 0.05) is 20.1 Å². The molecule has 1 heterocycles. The molecule has 5 nitrogen and oxygen atoms in total. The Morgan fingerprint density at radius 3 is 2.23 bits per heavy atom. The van der Waals surface area contributed by atoms with Crippen LogP contribution in [0.5, 0.6) is 5.75 Å². The van der Waals surface area contributed by atoms with Crippen LogP contribution in [0.4, 0.5) is 10.1 Å². The van der Waals surface area contributed by atoms with E-state index in [0.717, 1.165) is 50.4 Å². The SMILES string of the molecule is CN(c1ccc(OCCCCCCN2CC=CC2)cc1)S(=O)(=O)c1ccc(F)cc1. The highest BCUT2D eigenvalue weighted by Crippen LogP contribution is 2.24. The molecule has 0 bridgehead atoms. The Kier molecular flexibility index (Phi) is 7.87. The molecular weight excluding hydrogens is 403 g/mol. The van der Waals surface area contributed by atoms with Gasteiger partial charge in [-0.1, -0.05) is 25.0 Å². The van der Waals surface area contributed by atoms with E-state index in [-0.39, 0.29) is 4.90 Å². The Morgan fingerprint density at radius 1 is 0.933 bits per heavy atom. The highest BCUT2D eigenvalue weighted by molar-refractivity contribution is 7.92. The van der Waals surface area contributed by atoms with Gasteiger partial charge in [0.15, 0.2) is 0 Å². The van der Waals surface area contributed by atoms with Crippen molar-refractivity contribution in [3.8, 4) is 5.75 Å². The van der Waals surface area contributed by atoms with Crippen LogP contribution in [0.25, 0.3) is 0 Å². The molecule has 0 unspecified atom stereocenters. The molecule has 0 atom stereocenters. The molecule has 0 amide bonds. The maximum atomic E-state index is 13.1. The first-order valence-corrected chi connectivity index (χ1v) is 11.8. The summed E-state index contributed by atoms with van der Waals surface area (Å²) in [6.45, 7) is 3.97. The molecule has 1 aliphatic heterocycles. The van der Waals surface area contributed by atoms with Gasteiger partial charge in [-0.2, -0.15) is 0 Å². The van der Waals surface area contributed by atoms with Gasteiger partial charge in [0.2, 0.25) is 0 Å². The zero-order chi connectivity index (χ0) is 21.4. The maximum Gasteiger partial charge on any atom is 0.264 e. The van der Waals surface area contributed by atoms with E-state index in [1.165, 1.54) is 36.3 Å². The van der Waals surface area contributed by atoms with Gasteiger partial charge in [0.1, 0.15) is 11.6 Å². The second kappa shape index (κ2) is 10.6. The first kappa shape index (κ1) is 22.3. The van der Waals surface area contributed by atoms with Crippen LogP contribution in [0, 0.1) is 5.82 Å². The predicted molar refractivity (Wildman–Crippen MR) is 118 cm³/mol. The lowest BCUT2D eigenvalue weighted by atomic mass is 10.2. The van der Waals surface area contributed by atoms with Crippen LogP contribution < -0.4 is 9.04 Å². The lowest BCUT2D eigenvalue weighted by Gasteiger charge is -2.20.